The van der Waals surface area contributed by atoms with Crippen LogP contribution in [0.15, 0.2) is 36.5 Å². The number of aliphatic hydroxyl groups excluding tert-OH is 6. The molecule has 0 aromatic rings. The van der Waals surface area contributed by atoms with Crippen molar-refractivity contribution in [2.45, 2.75) is 271 Å². The molecule has 0 bridgehead atoms. The van der Waals surface area contributed by atoms with E-state index in [0.717, 1.165) is 19.3 Å². The van der Waals surface area contributed by atoms with E-state index in [2.05, 4.69) is 57.2 Å². The number of hydrogen-bond acceptors (Lipinski definition) is 7. The van der Waals surface area contributed by atoms with Gasteiger partial charge < -0.3 is 35.7 Å². The zero-order valence-electron chi connectivity index (χ0n) is 42.3. The molecular weight excluding hydrogens is 789 g/mol. The molecule has 7 N–H and O–H groups in total. The molecule has 0 heterocycles. The van der Waals surface area contributed by atoms with Crippen molar-refractivity contribution in [1.82, 2.24) is 0 Å². The quantitative estimate of drug-likeness (QED) is 0.0235. The Balaban J connectivity index is -0.000000243. The molecule has 0 fully saturated rings. The van der Waals surface area contributed by atoms with E-state index >= 15 is 0 Å². The average molecular weight is 901 g/mol. The van der Waals surface area contributed by atoms with E-state index in [4.69, 9.17) is 40.5 Å². The highest BCUT2D eigenvalue weighted by Gasteiger charge is 1.93. The first-order valence-electron chi connectivity index (χ1n) is 26.7. The Labute approximate surface area is 392 Å². The van der Waals surface area contributed by atoms with Crippen LogP contribution in [0, 0.1) is 0 Å². The highest BCUT2D eigenvalue weighted by molar-refractivity contribution is 5.67. The predicted octanol–water partition coefficient (Wildman–Crippen LogP) is 14.9. The van der Waals surface area contributed by atoms with E-state index < -0.39 is 12.6 Å². The van der Waals surface area contributed by atoms with Crippen LogP contribution in [0.4, 0.5) is 0 Å². The molecule has 0 radical (unpaired) electrons. The summed E-state index contributed by atoms with van der Waals surface area (Å²) in [5, 5.41) is 56.2. The van der Waals surface area contributed by atoms with Crippen LogP contribution in [0.25, 0.3) is 0 Å². The summed E-state index contributed by atoms with van der Waals surface area (Å²) in [4.78, 5) is 9.12. The molecule has 8 heteroatoms. The summed E-state index contributed by atoms with van der Waals surface area (Å²) in [7, 11) is 0. The van der Waals surface area contributed by atoms with Crippen molar-refractivity contribution < 1.29 is 40.5 Å². The number of carbonyl (C=O) groups is 1. The third-order valence-corrected chi connectivity index (χ3v) is 10.5. The van der Waals surface area contributed by atoms with Crippen molar-refractivity contribution >= 4 is 5.97 Å². The van der Waals surface area contributed by atoms with E-state index in [0.29, 0.717) is 19.8 Å². The minimum Gasteiger partial charge on any atom is -0.480 e. The van der Waals surface area contributed by atoms with Crippen LogP contribution in [-0.4, -0.2) is 81.4 Å². The number of carboxylic acid groups (broad SMARTS) is 1. The van der Waals surface area contributed by atoms with E-state index in [1.165, 1.54) is 231 Å². The zero-order chi connectivity index (χ0) is 47.6. The molecule has 8 nitrogen and oxygen atoms in total. The van der Waals surface area contributed by atoms with Gasteiger partial charge in [-0.15, -0.1) is 0 Å². The third kappa shape index (κ3) is 95.7. The van der Waals surface area contributed by atoms with Gasteiger partial charge in [0.2, 0.25) is 0 Å². The van der Waals surface area contributed by atoms with Gasteiger partial charge in [-0.1, -0.05) is 211 Å². The van der Waals surface area contributed by atoms with Crippen molar-refractivity contribution in [2.24, 2.45) is 0 Å². The Hall–Kier alpha value is -1.55. The lowest BCUT2D eigenvalue weighted by molar-refractivity contribution is -0.140. The van der Waals surface area contributed by atoms with E-state index in [1.54, 1.807) is 0 Å². The van der Waals surface area contributed by atoms with E-state index in [9.17, 15) is 0 Å². The van der Waals surface area contributed by atoms with Gasteiger partial charge in [0, 0.05) is 19.8 Å². The Bertz CT molecular complexity index is 814. The minimum absolute atomic E-state index is 0.125. The van der Waals surface area contributed by atoms with E-state index in [-0.39, 0.29) is 13.2 Å². The number of hydrogen-bond donors (Lipinski definition) is 7. The molecule has 0 saturated carbocycles. The lowest BCUT2D eigenvalue weighted by atomic mass is 10.1. The normalized spacial score (nSPS) is 10.9. The highest BCUT2D eigenvalue weighted by atomic mass is 16.4. The molecule has 0 rings (SSSR count). The van der Waals surface area contributed by atoms with Crippen LogP contribution in [0.2, 0.25) is 0 Å². The Morgan fingerprint density at radius 3 is 0.587 bits per heavy atom. The largest absolute Gasteiger partial charge is 0.480 e. The predicted molar refractivity (Wildman–Crippen MR) is 275 cm³/mol. The number of rotatable bonds is 44. The van der Waals surface area contributed by atoms with Gasteiger partial charge in [0.25, 0.3) is 0 Å². The molecule has 0 saturated heterocycles. The first-order chi connectivity index (χ1) is 30.9. The summed E-state index contributed by atoms with van der Waals surface area (Å²) >= 11 is 0. The SMILES string of the molecule is CCCCCC/C=C\CCCCCCCCO.CCCCCCC/C=C\CCCCCCCCO.CCCCCCCC/C=C\CCCCCCCCO.O=C(O)CO.OCCO. The Morgan fingerprint density at radius 1 is 0.270 bits per heavy atom. The fourth-order valence-electron chi connectivity index (χ4n) is 6.55. The second-order valence-corrected chi connectivity index (χ2v) is 16.9. The van der Waals surface area contributed by atoms with Gasteiger partial charge in [0.1, 0.15) is 6.61 Å². The van der Waals surface area contributed by atoms with Gasteiger partial charge in [-0.05, 0) is 96.3 Å². The lowest BCUT2D eigenvalue weighted by Crippen LogP contribution is -1.98. The molecule has 0 amide bonds. The highest BCUT2D eigenvalue weighted by Crippen LogP contribution is 2.12. The lowest BCUT2D eigenvalue weighted by Gasteiger charge is -1.99. The molecule has 0 aliphatic carbocycles. The molecule has 0 aliphatic rings. The second kappa shape index (κ2) is 77.7. The average Bonchev–Trinajstić information content (AvgIpc) is 3.30. The monoisotopic (exact) mass is 901 g/mol. The number of allylic oxidation sites excluding steroid dienone is 6. The molecule has 0 aromatic heterocycles. The molecule has 0 aromatic carbocycles. The van der Waals surface area contributed by atoms with Gasteiger partial charge in [0.15, 0.2) is 0 Å². The number of aliphatic carboxylic acids is 1. The van der Waals surface area contributed by atoms with Crippen molar-refractivity contribution in [3.63, 3.8) is 0 Å². The fraction of sp³-hybridized carbons (Fsp3) is 0.873. The van der Waals surface area contributed by atoms with Crippen LogP contribution >= 0.6 is 0 Å². The van der Waals surface area contributed by atoms with Crippen LogP contribution in [0.1, 0.15) is 271 Å². The minimum atomic E-state index is -1.19. The summed E-state index contributed by atoms with van der Waals surface area (Å²) in [5.74, 6) is -1.19. The topological polar surface area (TPSA) is 159 Å². The van der Waals surface area contributed by atoms with Crippen LogP contribution in [0.3, 0.4) is 0 Å². The van der Waals surface area contributed by atoms with Crippen LogP contribution < -0.4 is 0 Å². The molecule has 380 valence electrons. The summed E-state index contributed by atoms with van der Waals surface area (Å²) in [6.45, 7) is 6.86. The van der Waals surface area contributed by atoms with E-state index in [1.807, 2.05) is 0 Å². The van der Waals surface area contributed by atoms with Crippen LogP contribution in [-0.2, 0) is 4.79 Å². The summed E-state index contributed by atoms with van der Waals surface area (Å²) in [6.07, 6.45) is 65.2. The van der Waals surface area contributed by atoms with Crippen LogP contribution in [0.5, 0.6) is 0 Å². The smallest absolute Gasteiger partial charge is 0.329 e. The first-order valence-corrected chi connectivity index (χ1v) is 26.7. The standard InChI is InChI=1S/C18H36O.C17H34O.C16H32O.C2H4O3.C2H6O2/c1-2-3-4-5-6-7-8-9-10-11-12-13-14-15-16-17-18-19;1-2-3-4-5-6-7-8-9-10-11-12-13-14-15-16-17-18;1-2-3-4-5-6-7-8-9-10-11-12-13-14-15-16-17;3-1-2(4)5;3-1-2-4/h9-10,19H,2-8,11-18H2,1H3;8-9,18H,2-7,10-17H2,1H3;7-8,17H,2-6,9-16H2,1H3;3H,1H2,(H,4,5);3-4H,1-2H2/b10-9-;9-8-;8-7-;;. The Kier molecular flexibility index (Phi) is 86.9. The van der Waals surface area contributed by atoms with Crippen molar-refractivity contribution in [2.75, 3.05) is 39.6 Å². The molecule has 0 spiro atoms. The maximum absolute atomic E-state index is 9.12. The summed E-state index contributed by atoms with van der Waals surface area (Å²) < 4.78 is 0. The molecule has 0 aliphatic heterocycles. The summed E-state index contributed by atoms with van der Waals surface area (Å²) in [6, 6.07) is 0. The fourth-order valence-corrected chi connectivity index (χ4v) is 6.55. The number of aliphatic hydroxyl groups is 6. The first kappa shape index (κ1) is 70.5. The molecule has 0 atom stereocenters. The molecule has 0 unspecified atom stereocenters. The Morgan fingerprint density at radius 2 is 0.429 bits per heavy atom. The maximum atomic E-state index is 9.12. The molecular formula is C55H112O8. The maximum Gasteiger partial charge on any atom is 0.329 e. The van der Waals surface area contributed by atoms with Gasteiger partial charge in [0.05, 0.1) is 13.2 Å². The van der Waals surface area contributed by atoms with Gasteiger partial charge in [-0.3, -0.25) is 0 Å². The number of carboxylic acids is 1. The van der Waals surface area contributed by atoms with Gasteiger partial charge >= 0.3 is 5.97 Å². The third-order valence-electron chi connectivity index (χ3n) is 10.5. The van der Waals surface area contributed by atoms with Gasteiger partial charge in [-0.25, -0.2) is 4.79 Å². The van der Waals surface area contributed by atoms with Crippen molar-refractivity contribution in [3.05, 3.63) is 36.5 Å². The summed E-state index contributed by atoms with van der Waals surface area (Å²) in [5.41, 5.74) is 0. The van der Waals surface area contributed by atoms with Gasteiger partial charge in [-0.2, -0.15) is 0 Å². The van der Waals surface area contributed by atoms with Crippen molar-refractivity contribution in [3.8, 4) is 0 Å². The number of unbranched alkanes of at least 4 members (excludes halogenated alkanes) is 33. The molecule has 63 heavy (non-hydrogen) atoms. The second-order valence-electron chi connectivity index (χ2n) is 16.9. The van der Waals surface area contributed by atoms with Crippen molar-refractivity contribution in [1.29, 1.82) is 0 Å². The zero-order valence-corrected chi connectivity index (χ0v) is 42.3.